The van der Waals surface area contributed by atoms with E-state index in [1.54, 1.807) is 81.9 Å². The number of sulfonamides is 1. The lowest BCUT2D eigenvalue weighted by molar-refractivity contribution is 0.416. The molecule has 0 saturated heterocycles. The summed E-state index contributed by atoms with van der Waals surface area (Å²) in [6, 6.07) is 30.8. The first-order chi connectivity index (χ1) is 36.3. The highest BCUT2D eigenvalue weighted by Gasteiger charge is 2.24. The Kier molecular flexibility index (Phi) is 17.7. The molecule has 0 bridgehead atoms. The van der Waals surface area contributed by atoms with Crippen molar-refractivity contribution in [1.29, 1.82) is 0 Å². The van der Waals surface area contributed by atoms with E-state index in [0.717, 1.165) is 0 Å². The largest absolute Gasteiger partial charge is 0.496 e. The van der Waals surface area contributed by atoms with Crippen LogP contribution in [0.25, 0.3) is 66.3 Å². The fourth-order valence-corrected chi connectivity index (χ4v) is 12.8. The third-order valence-electron chi connectivity index (χ3n) is 10.9. The van der Waals surface area contributed by atoms with Crippen LogP contribution in [0.1, 0.15) is 0 Å². The number of methoxy groups -OCH3 is 2. The van der Waals surface area contributed by atoms with Crippen molar-refractivity contribution in [3.05, 3.63) is 177 Å². The van der Waals surface area contributed by atoms with Crippen molar-refractivity contribution in [2.45, 2.75) is 9.79 Å². The van der Waals surface area contributed by atoms with Gasteiger partial charge in [-0.1, -0.05) is 69.9 Å². The molecule has 76 heavy (non-hydrogen) atoms. The van der Waals surface area contributed by atoms with Gasteiger partial charge in [0.25, 0.3) is 18.2 Å². The molecule has 390 valence electrons. The first kappa shape index (κ1) is 56.0. The number of halogens is 7. The second-order valence-corrected chi connectivity index (χ2v) is 23.6. The summed E-state index contributed by atoms with van der Waals surface area (Å²) in [5, 5.41) is 8.91. The molecule has 6 aromatic carbocycles. The summed E-state index contributed by atoms with van der Waals surface area (Å²) in [6.45, 7) is 0. The van der Waals surface area contributed by atoms with E-state index in [1.165, 1.54) is 87.5 Å². The normalized spacial score (nSPS) is 11.8. The predicted octanol–water partition coefficient (Wildman–Crippen LogP) is 15.1. The van der Waals surface area contributed by atoms with Gasteiger partial charge in [0.2, 0.25) is 0 Å². The summed E-state index contributed by atoms with van der Waals surface area (Å²) in [6.07, 6.45) is 5.78. The van der Waals surface area contributed by atoms with Crippen LogP contribution in [-0.4, -0.2) is 51.3 Å². The van der Waals surface area contributed by atoms with Crippen molar-refractivity contribution in [3.63, 3.8) is 0 Å². The number of ether oxygens (including phenoxy) is 2. The molecular formula is C50H35Br2Cl2F3N6O9P2S2. The summed E-state index contributed by atoms with van der Waals surface area (Å²) < 4.78 is 119. The Labute approximate surface area is 462 Å². The highest BCUT2D eigenvalue weighted by atomic mass is 79.9. The molecule has 0 aliphatic carbocycles. The quantitative estimate of drug-likeness (QED) is 0.109. The topological polar surface area (TPSA) is 212 Å². The van der Waals surface area contributed by atoms with Crippen LogP contribution in [0.2, 0.25) is 10.0 Å². The zero-order valence-corrected chi connectivity index (χ0v) is 47.2. The molecule has 2 atom stereocenters. The molecule has 4 aromatic heterocycles. The van der Waals surface area contributed by atoms with Gasteiger partial charge >= 0.3 is 10.1 Å². The van der Waals surface area contributed by atoms with Gasteiger partial charge in [-0.2, -0.15) is 12.6 Å². The second-order valence-electron chi connectivity index (χ2n) is 15.6. The Morgan fingerprint density at radius 2 is 1.13 bits per heavy atom. The van der Waals surface area contributed by atoms with Crippen LogP contribution < -0.4 is 19.9 Å². The minimum absolute atomic E-state index is 0.00484. The summed E-state index contributed by atoms with van der Waals surface area (Å²) in [5.41, 5.74) is 10.9. The van der Waals surface area contributed by atoms with Crippen molar-refractivity contribution in [3.8, 4) is 56.0 Å². The monoisotopic (exact) mass is 1270 g/mol. The van der Waals surface area contributed by atoms with Crippen LogP contribution in [-0.2, 0) is 24.1 Å². The van der Waals surface area contributed by atoms with Crippen LogP contribution in [0.15, 0.2) is 174 Å². The highest BCUT2D eigenvalue weighted by molar-refractivity contribution is 9.11. The van der Waals surface area contributed by atoms with E-state index in [0.29, 0.717) is 103 Å². The number of aromatic nitrogens is 4. The number of anilines is 2. The number of pyridine rings is 2. The van der Waals surface area contributed by atoms with Crippen molar-refractivity contribution in [1.82, 2.24) is 20.3 Å². The van der Waals surface area contributed by atoms with Gasteiger partial charge in [0, 0.05) is 87.7 Å². The molecule has 0 saturated carbocycles. The Morgan fingerprint density at radius 3 is 1.55 bits per heavy atom. The van der Waals surface area contributed by atoms with E-state index < -0.39 is 34.1 Å². The Hall–Kier alpha value is -6.19. The molecule has 2 unspecified atom stereocenters. The van der Waals surface area contributed by atoms with Gasteiger partial charge in [0.15, 0.2) is 11.6 Å². The summed E-state index contributed by atoms with van der Waals surface area (Å²) >= 11 is 20.3. The van der Waals surface area contributed by atoms with Crippen LogP contribution in [0.5, 0.6) is 11.5 Å². The maximum atomic E-state index is 13.8. The van der Waals surface area contributed by atoms with Gasteiger partial charge in [0.1, 0.15) is 35.7 Å². The number of nitrogens with one attached hydrogen (secondary N) is 1. The highest BCUT2D eigenvalue weighted by Crippen LogP contribution is 2.50. The molecule has 0 aliphatic rings. The van der Waals surface area contributed by atoms with Crippen molar-refractivity contribution < 1.29 is 52.3 Å². The van der Waals surface area contributed by atoms with E-state index in [4.69, 9.17) is 38.4 Å². The molecule has 3 N–H and O–H groups in total. The van der Waals surface area contributed by atoms with Crippen LogP contribution in [0.4, 0.5) is 24.6 Å². The fraction of sp³-hybridized carbons (Fsp3) is 0.0400. The number of hydrogen-bond donors (Lipinski definition) is 2. The van der Waals surface area contributed by atoms with Gasteiger partial charge in [-0.25, -0.2) is 21.2 Å². The summed E-state index contributed by atoms with van der Waals surface area (Å²) in [7, 11) is -6.19. The lowest BCUT2D eigenvalue weighted by atomic mass is 9.96. The number of hydrogen-bond acceptors (Lipinski definition) is 14. The molecule has 10 rings (SSSR count). The number of benzene rings is 6. The molecule has 0 aliphatic heterocycles. The standard InChI is InChI=1S/C25H16BrClFN3O4S.C22H15BrClF2NO4P2S.C3H4N2O/c1-34-23-12-18(14-3-2-4-15(28)9-14)21(27)11-19(23)25-17-6-5-16(10-22(17)29-13-20(25)26)36(32,33)31-24-7-8-35-30-24;1-30-21-10-16(12-3-2-4-13(25)7-12)19(24)9-17(21)22-15-6-5-14(34(28,29)31-33(26)32)8-20(15)27-11-18(22)23;4-3-1-2-6-5-3/h2-13H,1H3,(H,30,31);2-11H,32H2,1H3;1-2H,(H2,4,5). The SMILES string of the molecule is COc1cc(-c2cccc(F)c2)c(Cl)cc1-c1c(Br)cnc2cc(S(=O)(=O)Nc3ccon3)ccc12.COc1cc(-c2cccc(F)c2)c(Cl)cc1-c1c(Br)cnc2cc(S(=O)(=O)OP(F)P)ccc12.Nc1ccon1. The summed E-state index contributed by atoms with van der Waals surface area (Å²) in [4.78, 5) is 8.48. The van der Waals surface area contributed by atoms with E-state index in [9.17, 15) is 29.8 Å². The predicted molar refractivity (Wildman–Crippen MR) is 298 cm³/mol. The third-order valence-corrected chi connectivity index (χ3v) is 17.0. The minimum Gasteiger partial charge on any atom is -0.496 e. The fourth-order valence-electron chi connectivity index (χ4n) is 7.58. The maximum Gasteiger partial charge on any atom is 0.302 e. The molecule has 0 radical (unpaired) electrons. The lowest BCUT2D eigenvalue weighted by Crippen LogP contribution is -2.13. The smallest absolute Gasteiger partial charge is 0.302 e. The number of rotatable bonds is 12. The van der Waals surface area contributed by atoms with E-state index >= 15 is 0 Å². The van der Waals surface area contributed by atoms with E-state index in [-0.39, 0.29) is 21.4 Å². The van der Waals surface area contributed by atoms with Gasteiger partial charge in [-0.3, -0.25) is 14.7 Å². The molecule has 0 spiro atoms. The molecule has 4 heterocycles. The average molecular weight is 1280 g/mol. The van der Waals surface area contributed by atoms with Crippen molar-refractivity contribution >= 4 is 126 Å². The number of fused-ring (bicyclic) bond motifs is 2. The molecule has 15 nitrogen and oxygen atoms in total. The van der Waals surface area contributed by atoms with Crippen molar-refractivity contribution in [2.24, 2.45) is 0 Å². The van der Waals surface area contributed by atoms with E-state index in [2.05, 4.69) is 69.9 Å². The number of nitrogens with zero attached hydrogens (tertiary/aromatic N) is 4. The molecule has 0 fully saturated rings. The zero-order valence-electron chi connectivity index (χ0n) is 38.9. The van der Waals surface area contributed by atoms with Crippen molar-refractivity contribution in [2.75, 3.05) is 24.7 Å². The van der Waals surface area contributed by atoms with E-state index in [1.807, 2.05) is 0 Å². The first-order valence-electron chi connectivity index (χ1n) is 21.4. The molecular weight excluding hydrogens is 1240 g/mol. The van der Waals surface area contributed by atoms with Crippen LogP contribution in [0, 0.1) is 11.6 Å². The molecule has 10 aromatic rings. The van der Waals surface area contributed by atoms with Gasteiger partial charge in [-0.05, 0) is 125 Å². The minimum atomic E-state index is -4.29. The molecule has 0 amide bonds. The summed E-state index contributed by atoms with van der Waals surface area (Å²) in [5.74, 6) is 0.682. The Morgan fingerprint density at radius 1 is 0.645 bits per heavy atom. The molecule has 26 heteroatoms. The Bertz CT molecular complexity index is 4010. The third kappa shape index (κ3) is 12.8. The number of nitrogen functional groups attached to an aromatic ring is 1. The maximum absolute atomic E-state index is 13.8. The average Bonchev–Trinajstić information content (AvgIpc) is 4.10. The van der Waals surface area contributed by atoms with Gasteiger partial charge < -0.3 is 24.3 Å². The first-order valence-corrected chi connectivity index (χ1v) is 29.5. The lowest BCUT2D eigenvalue weighted by Gasteiger charge is -2.16. The van der Waals surface area contributed by atoms with Gasteiger partial charge in [0.05, 0.1) is 35.0 Å². The van der Waals surface area contributed by atoms with Gasteiger partial charge in [-0.15, -0.1) is 0 Å². The van der Waals surface area contributed by atoms with Crippen LogP contribution in [0.3, 0.4) is 0 Å². The Balaban J connectivity index is 0.000000181. The number of nitrogens with two attached hydrogens (primary N) is 1. The van der Waals surface area contributed by atoms with Crippen LogP contribution >= 0.6 is 72.1 Å². The second kappa shape index (κ2) is 24.0. The zero-order chi connectivity index (χ0) is 54.5.